The summed E-state index contributed by atoms with van der Waals surface area (Å²) in [6, 6.07) is 0.0237. The summed E-state index contributed by atoms with van der Waals surface area (Å²) in [5, 5.41) is -0.113. The van der Waals surface area contributed by atoms with Gasteiger partial charge in [0.05, 0.1) is 11.9 Å². The number of hydrogen-bond acceptors (Lipinski definition) is 3. The van der Waals surface area contributed by atoms with Gasteiger partial charge in [0.2, 0.25) is 10.0 Å². The summed E-state index contributed by atoms with van der Waals surface area (Å²) in [7, 11) is -3.00. The highest BCUT2D eigenvalue weighted by Crippen LogP contribution is 2.28. The highest BCUT2D eigenvalue weighted by Gasteiger charge is 2.37. The van der Waals surface area contributed by atoms with E-state index in [4.69, 9.17) is 4.74 Å². The maximum Gasteiger partial charge on any atom is 0.214 e. The van der Waals surface area contributed by atoms with E-state index in [9.17, 15) is 8.42 Å². The smallest absolute Gasteiger partial charge is 0.214 e. The Morgan fingerprint density at radius 3 is 2.50 bits per heavy atom. The van der Waals surface area contributed by atoms with Crippen LogP contribution in [0.1, 0.15) is 19.3 Å². The van der Waals surface area contributed by atoms with Crippen molar-refractivity contribution in [2.45, 2.75) is 30.6 Å². The predicted molar refractivity (Wildman–Crippen MR) is 44.3 cm³/mol. The molecule has 1 aliphatic carbocycles. The first-order valence-electron chi connectivity index (χ1n) is 4.27. The van der Waals surface area contributed by atoms with Crippen molar-refractivity contribution in [3.05, 3.63) is 0 Å². The van der Waals surface area contributed by atoms with Gasteiger partial charge >= 0.3 is 0 Å². The molecule has 1 atom stereocenters. The monoisotopic (exact) mass is 191 g/mol. The van der Waals surface area contributed by atoms with Crippen molar-refractivity contribution in [3.63, 3.8) is 0 Å². The quantitative estimate of drug-likeness (QED) is 0.675. The molecule has 1 heterocycles. The topological polar surface area (TPSA) is 55.4 Å². The molecule has 2 fully saturated rings. The molecule has 0 aromatic heterocycles. The first kappa shape index (κ1) is 8.47. The fourth-order valence-electron chi connectivity index (χ4n) is 1.33. The van der Waals surface area contributed by atoms with Crippen molar-refractivity contribution in [2.24, 2.45) is 0 Å². The summed E-state index contributed by atoms with van der Waals surface area (Å²) in [4.78, 5) is 0. The standard InChI is InChI=1S/C7H13NO3S/c9-12(10,7-1-2-7)8-6-3-4-11-5-6/h6-8H,1-5H2. The number of hydrogen-bond donors (Lipinski definition) is 1. The zero-order valence-electron chi connectivity index (χ0n) is 6.82. The average Bonchev–Trinajstić information content (AvgIpc) is 2.74. The number of ether oxygens (including phenoxy) is 1. The van der Waals surface area contributed by atoms with E-state index in [1.807, 2.05) is 0 Å². The van der Waals surface area contributed by atoms with Gasteiger partial charge < -0.3 is 4.74 Å². The van der Waals surface area contributed by atoms with Gasteiger partial charge in [-0.2, -0.15) is 0 Å². The van der Waals surface area contributed by atoms with E-state index >= 15 is 0 Å². The molecule has 12 heavy (non-hydrogen) atoms. The van der Waals surface area contributed by atoms with Gasteiger partial charge in [0.1, 0.15) is 0 Å². The number of rotatable bonds is 3. The van der Waals surface area contributed by atoms with Crippen LogP contribution in [-0.2, 0) is 14.8 Å². The average molecular weight is 191 g/mol. The zero-order valence-corrected chi connectivity index (χ0v) is 7.64. The molecule has 0 bridgehead atoms. The van der Waals surface area contributed by atoms with Crippen LogP contribution in [0.2, 0.25) is 0 Å². The molecule has 1 aliphatic heterocycles. The van der Waals surface area contributed by atoms with Crippen molar-refractivity contribution in [3.8, 4) is 0 Å². The summed E-state index contributed by atoms with van der Waals surface area (Å²) in [5.41, 5.74) is 0. The molecule has 0 aromatic rings. The van der Waals surface area contributed by atoms with Gasteiger partial charge in [0.15, 0.2) is 0 Å². The fraction of sp³-hybridized carbons (Fsp3) is 1.00. The third-order valence-corrected chi connectivity index (χ3v) is 4.23. The second-order valence-corrected chi connectivity index (χ2v) is 5.42. The molecule has 1 saturated carbocycles. The summed E-state index contributed by atoms with van der Waals surface area (Å²) >= 11 is 0. The molecule has 1 N–H and O–H groups in total. The van der Waals surface area contributed by atoms with Gasteiger partial charge in [-0.25, -0.2) is 13.1 Å². The molecule has 1 saturated heterocycles. The zero-order chi connectivity index (χ0) is 8.60. The second kappa shape index (κ2) is 2.97. The van der Waals surface area contributed by atoms with Crippen LogP contribution < -0.4 is 4.72 Å². The molecule has 0 radical (unpaired) electrons. The van der Waals surface area contributed by atoms with Crippen LogP contribution in [0.3, 0.4) is 0 Å². The third kappa shape index (κ3) is 1.78. The first-order valence-corrected chi connectivity index (χ1v) is 5.82. The normalized spacial score (nSPS) is 30.8. The van der Waals surface area contributed by atoms with E-state index in [0.717, 1.165) is 19.3 Å². The lowest BCUT2D eigenvalue weighted by molar-refractivity contribution is 0.192. The Kier molecular flexibility index (Phi) is 2.10. The Morgan fingerprint density at radius 2 is 2.00 bits per heavy atom. The van der Waals surface area contributed by atoms with E-state index in [2.05, 4.69) is 4.72 Å². The summed E-state index contributed by atoms with van der Waals surface area (Å²) < 4.78 is 30.5. The molecule has 2 aliphatic rings. The maximum absolute atomic E-state index is 11.4. The van der Waals surface area contributed by atoms with E-state index in [1.54, 1.807) is 0 Å². The SMILES string of the molecule is O=S(=O)(NC1CCOC1)C1CC1. The maximum atomic E-state index is 11.4. The predicted octanol–water partition coefficient (Wildman–Crippen LogP) is -0.143. The van der Waals surface area contributed by atoms with Crippen LogP contribution in [0.5, 0.6) is 0 Å². The van der Waals surface area contributed by atoms with Crippen LogP contribution in [-0.4, -0.2) is 32.9 Å². The van der Waals surface area contributed by atoms with Crippen molar-refractivity contribution < 1.29 is 13.2 Å². The summed E-state index contributed by atoms with van der Waals surface area (Å²) in [5.74, 6) is 0. The molecule has 4 nitrogen and oxygen atoms in total. The molecule has 0 spiro atoms. The first-order chi connectivity index (χ1) is 5.68. The van der Waals surface area contributed by atoms with E-state index in [0.29, 0.717) is 13.2 Å². The molecule has 0 aromatic carbocycles. The summed E-state index contributed by atoms with van der Waals surface area (Å²) in [6.07, 6.45) is 2.46. The highest BCUT2D eigenvalue weighted by atomic mass is 32.2. The van der Waals surface area contributed by atoms with Gasteiger partial charge in [0.25, 0.3) is 0 Å². The Bertz CT molecular complexity index is 252. The van der Waals surface area contributed by atoms with Gasteiger partial charge in [-0.15, -0.1) is 0 Å². The molecular weight excluding hydrogens is 178 g/mol. The Morgan fingerprint density at radius 1 is 1.25 bits per heavy atom. The van der Waals surface area contributed by atoms with Gasteiger partial charge in [-0.05, 0) is 19.3 Å². The summed E-state index contributed by atoms with van der Waals surface area (Å²) in [6.45, 7) is 1.21. The van der Waals surface area contributed by atoms with Crippen LogP contribution in [0.4, 0.5) is 0 Å². The highest BCUT2D eigenvalue weighted by molar-refractivity contribution is 7.90. The fourth-order valence-corrected chi connectivity index (χ4v) is 2.93. The van der Waals surface area contributed by atoms with Crippen molar-refractivity contribution >= 4 is 10.0 Å². The molecule has 1 unspecified atom stereocenters. The van der Waals surface area contributed by atoms with Crippen LogP contribution in [0, 0.1) is 0 Å². The lowest BCUT2D eigenvalue weighted by atomic mass is 10.3. The van der Waals surface area contributed by atoms with Crippen LogP contribution in [0.25, 0.3) is 0 Å². The molecule has 70 valence electrons. The largest absolute Gasteiger partial charge is 0.380 e. The minimum atomic E-state index is -3.00. The van der Waals surface area contributed by atoms with E-state index < -0.39 is 10.0 Å². The van der Waals surface area contributed by atoms with E-state index in [-0.39, 0.29) is 11.3 Å². The van der Waals surface area contributed by atoms with Crippen molar-refractivity contribution in [1.82, 2.24) is 4.72 Å². The Hall–Kier alpha value is -0.130. The molecule has 2 rings (SSSR count). The van der Waals surface area contributed by atoms with Gasteiger partial charge in [-0.3, -0.25) is 0 Å². The Balaban J connectivity index is 1.92. The molecule has 0 amide bonds. The van der Waals surface area contributed by atoms with Crippen LogP contribution in [0.15, 0.2) is 0 Å². The molecular formula is C7H13NO3S. The number of sulfonamides is 1. The third-order valence-electron chi connectivity index (χ3n) is 2.22. The van der Waals surface area contributed by atoms with Gasteiger partial charge in [0, 0.05) is 12.6 Å². The van der Waals surface area contributed by atoms with E-state index in [1.165, 1.54) is 0 Å². The Labute approximate surface area is 72.3 Å². The second-order valence-electron chi connectivity index (χ2n) is 3.42. The lowest BCUT2D eigenvalue weighted by Gasteiger charge is -2.09. The van der Waals surface area contributed by atoms with Crippen LogP contribution >= 0.6 is 0 Å². The minimum Gasteiger partial charge on any atom is -0.380 e. The van der Waals surface area contributed by atoms with Crippen molar-refractivity contribution in [1.29, 1.82) is 0 Å². The number of nitrogens with one attached hydrogen (secondary N) is 1. The minimum absolute atomic E-state index is 0.0237. The lowest BCUT2D eigenvalue weighted by Crippen LogP contribution is -2.37. The molecule has 5 heteroatoms. The van der Waals surface area contributed by atoms with Crippen molar-refractivity contribution in [2.75, 3.05) is 13.2 Å². The van der Waals surface area contributed by atoms with Gasteiger partial charge in [-0.1, -0.05) is 0 Å².